The molecular formula is C54H56N4O2+2. The zero-order valence-electron chi connectivity index (χ0n) is 34.5. The van der Waals surface area contributed by atoms with E-state index in [2.05, 4.69) is 120 Å². The molecule has 0 aliphatic carbocycles. The van der Waals surface area contributed by atoms with E-state index in [1.54, 1.807) is 0 Å². The van der Waals surface area contributed by atoms with E-state index in [9.17, 15) is 10.2 Å². The van der Waals surface area contributed by atoms with Crippen molar-refractivity contribution in [3.63, 3.8) is 0 Å². The summed E-state index contributed by atoms with van der Waals surface area (Å²) in [6.45, 7) is 14.4. The van der Waals surface area contributed by atoms with Crippen molar-refractivity contribution in [2.45, 2.75) is 63.1 Å². The number of hydrogen-bond donors (Lipinski definition) is 2. The summed E-state index contributed by atoms with van der Waals surface area (Å²) in [4.78, 5) is 9.32. The van der Waals surface area contributed by atoms with Crippen LogP contribution in [-0.2, 0) is 13.1 Å². The molecule has 2 aromatic heterocycles. The average molecular weight is 793 g/mol. The Kier molecular flexibility index (Phi) is 9.27. The van der Waals surface area contributed by atoms with Crippen LogP contribution in [0.3, 0.4) is 0 Å². The minimum Gasteiger partial charge on any atom is -0.382 e. The monoisotopic (exact) mass is 792 g/mol. The number of aromatic nitrogens is 2. The third kappa shape index (κ3) is 5.90. The molecule has 7 aromatic rings. The zero-order chi connectivity index (χ0) is 40.6. The summed E-state index contributed by atoms with van der Waals surface area (Å²) in [5, 5.41) is 32.6. The fraction of sp³-hybridized carbons (Fsp3) is 0.333. The van der Waals surface area contributed by atoms with Crippen molar-refractivity contribution in [2.24, 2.45) is 23.7 Å². The molecule has 6 fully saturated rings. The molecule has 0 unspecified atom stereocenters. The third-order valence-corrected chi connectivity index (χ3v) is 16.2. The van der Waals surface area contributed by atoms with Crippen LogP contribution >= 0.6 is 0 Å². The van der Waals surface area contributed by atoms with Crippen LogP contribution in [0.1, 0.15) is 60.1 Å². The molecule has 302 valence electrons. The highest BCUT2D eigenvalue weighted by molar-refractivity contribution is 6.05. The molecule has 5 aromatic carbocycles. The fourth-order valence-corrected chi connectivity index (χ4v) is 13.2. The largest absolute Gasteiger partial charge is 0.382 e. The van der Waals surface area contributed by atoms with Crippen molar-refractivity contribution in [3.05, 3.63) is 169 Å². The van der Waals surface area contributed by atoms with Crippen LogP contribution in [0.4, 0.5) is 0 Å². The van der Waals surface area contributed by atoms with E-state index in [4.69, 9.17) is 0 Å². The van der Waals surface area contributed by atoms with Crippen molar-refractivity contribution in [3.8, 4) is 0 Å². The van der Waals surface area contributed by atoms with Gasteiger partial charge in [0.25, 0.3) is 0 Å². The zero-order valence-corrected chi connectivity index (χ0v) is 34.5. The molecule has 10 atom stereocenters. The average Bonchev–Trinajstić information content (AvgIpc) is 3.31. The molecule has 4 bridgehead atoms. The van der Waals surface area contributed by atoms with Gasteiger partial charge in [0.1, 0.15) is 37.4 Å². The molecule has 13 rings (SSSR count). The van der Waals surface area contributed by atoms with Gasteiger partial charge >= 0.3 is 0 Å². The lowest BCUT2D eigenvalue weighted by molar-refractivity contribution is -0.984. The number of hydrogen-bond acceptors (Lipinski definition) is 4. The summed E-state index contributed by atoms with van der Waals surface area (Å²) < 4.78 is 1.68. The number of rotatable bonds is 10. The van der Waals surface area contributed by atoms with E-state index in [-0.39, 0.29) is 12.1 Å². The molecule has 6 nitrogen and oxygen atoms in total. The second-order valence-electron chi connectivity index (χ2n) is 18.8. The number of benzene rings is 5. The lowest BCUT2D eigenvalue weighted by Crippen LogP contribution is -2.67. The second kappa shape index (κ2) is 14.7. The number of aliphatic hydroxyl groups is 2. The second-order valence-corrected chi connectivity index (χ2v) is 18.8. The molecule has 0 saturated carbocycles. The minimum atomic E-state index is -0.611. The molecular weight excluding hydrogens is 737 g/mol. The maximum Gasteiger partial charge on any atom is 0.131 e. The van der Waals surface area contributed by atoms with Crippen molar-refractivity contribution in [1.29, 1.82) is 0 Å². The molecule has 60 heavy (non-hydrogen) atoms. The first kappa shape index (κ1) is 37.7. The lowest BCUT2D eigenvalue weighted by atomic mass is 9.70. The highest BCUT2D eigenvalue weighted by atomic mass is 16.3. The van der Waals surface area contributed by atoms with Gasteiger partial charge in [-0.05, 0) is 68.8 Å². The lowest BCUT2D eigenvalue weighted by Gasteiger charge is -2.58. The van der Waals surface area contributed by atoms with Crippen LogP contribution < -0.4 is 0 Å². The molecule has 2 N–H and O–H groups in total. The number of nitrogens with zero attached hydrogens (tertiary/aromatic N) is 4. The van der Waals surface area contributed by atoms with Gasteiger partial charge < -0.3 is 19.2 Å². The standard InChI is InChI=1S/C54H56N4O2/c1-3-35-31-57(27-23-37(35)29-51(57)53(59)45-21-25-55-49-19-11-9-17-43(45)49)33-47-39-13-5-7-15-41(39)48(42-16-8-6-14-40(42)47)34-58-28-24-38(36(4-2)32-58)30-52(58)54(60)46-22-26-56-50-20-12-10-18-44(46)50/h3-22,25-26,35-38,51-54,59-60H,1-2,23-24,27-34H2/q+2/t35-,36-,37-,38-,51+,52+,53+,54+,57-,58-/m0/s1. The number of piperidine rings is 6. The van der Waals surface area contributed by atoms with E-state index in [1.165, 1.54) is 32.7 Å². The Balaban J connectivity index is 1.04. The maximum atomic E-state index is 12.6. The molecule has 0 spiro atoms. The minimum absolute atomic E-state index is 0.0540. The Bertz CT molecular complexity index is 2540. The van der Waals surface area contributed by atoms with E-state index < -0.39 is 12.2 Å². The number of para-hydroxylation sites is 2. The molecule has 8 heterocycles. The third-order valence-electron chi connectivity index (χ3n) is 16.2. The molecule has 6 aliphatic heterocycles. The van der Waals surface area contributed by atoms with Crippen LogP contribution in [0.15, 0.2) is 147 Å². The van der Waals surface area contributed by atoms with Gasteiger partial charge in [-0.1, -0.05) is 97.1 Å². The Labute approximate surface area is 353 Å². The van der Waals surface area contributed by atoms with Crippen molar-refractivity contribution in [2.75, 3.05) is 26.2 Å². The topological polar surface area (TPSA) is 66.2 Å². The Morgan fingerprint density at radius 3 is 1.28 bits per heavy atom. The summed E-state index contributed by atoms with van der Waals surface area (Å²) in [5.74, 6) is 1.90. The molecule has 6 aliphatic rings. The quantitative estimate of drug-likeness (QED) is 0.0823. The molecule has 6 heteroatoms. The van der Waals surface area contributed by atoms with Crippen LogP contribution in [-0.4, -0.2) is 67.4 Å². The van der Waals surface area contributed by atoms with Crippen molar-refractivity contribution in [1.82, 2.24) is 9.97 Å². The van der Waals surface area contributed by atoms with Gasteiger partial charge in [0.15, 0.2) is 0 Å². The first-order valence-corrected chi connectivity index (χ1v) is 22.3. The van der Waals surface area contributed by atoms with Gasteiger partial charge in [0, 0.05) is 71.8 Å². The smallest absolute Gasteiger partial charge is 0.131 e. The van der Waals surface area contributed by atoms with Gasteiger partial charge in [-0.25, -0.2) is 0 Å². The van der Waals surface area contributed by atoms with Crippen LogP contribution in [0.5, 0.6) is 0 Å². The number of aliphatic hydroxyl groups excluding tert-OH is 2. The first-order valence-electron chi connectivity index (χ1n) is 22.3. The predicted octanol–water partition coefficient (Wildman–Crippen LogP) is 10.4. The molecule has 0 radical (unpaired) electrons. The summed E-state index contributed by atoms with van der Waals surface area (Å²) in [5.41, 5.74) is 6.60. The Hall–Kier alpha value is -5.24. The highest BCUT2D eigenvalue weighted by Gasteiger charge is 2.56. The summed E-state index contributed by atoms with van der Waals surface area (Å²) in [7, 11) is 0. The van der Waals surface area contributed by atoms with Crippen LogP contribution in [0, 0.1) is 23.7 Å². The SMILES string of the molecule is C=C[C@H]1C[N@+]2(Cc3c4ccccc4c(C[N@@+]45CC[C@@H](C[C@@H]4[C@H](O)c4ccnc6ccccc46)[C@@H](C=C)C5)c4ccccc34)CC[C@H]1C[C@@H]2[C@H](O)c1ccnc2ccccc12. The maximum absolute atomic E-state index is 12.6. The summed E-state index contributed by atoms with van der Waals surface area (Å²) >= 11 is 0. The van der Waals surface area contributed by atoms with E-state index in [0.29, 0.717) is 23.7 Å². The number of fused-ring (bicyclic) bond motifs is 10. The van der Waals surface area contributed by atoms with Gasteiger partial charge in [-0.2, -0.15) is 0 Å². The van der Waals surface area contributed by atoms with E-state index in [0.717, 1.165) is 107 Å². The van der Waals surface area contributed by atoms with Crippen molar-refractivity contribution >= 4 is 43.4 Å². The summed E-state index contributed by atoms with van der Waals surface area (Å²) in [6.07, 6.45) is 11.2. The number of pyridine rings is 2. The fourth-order valence-electron chi connectivity index (χ4n) is 13.2. The Morgan fingerprint density at radius 1 is 0.533 bits per heavy atom. The molecule has 0 amide bonds. The normalized spacial score (nSPS) is 29.6. The van der Waals surface area contributed by atoms with E-state index in [1.807, 2.05) is 36.7 Å². The van der Waals surface area contributed by atoms with Gasteiger partial charge in [-0.3, -0.25) is 9.97 Å². The van der Waals surface area contributed by atoms with Crippen LogP contribution in [0.2, 0.25) is 0 Å². The Morgan fingerprint density at radius 2 is 0.900 bits per heavy atom. The van der Waals surface area contributed by atoms with Gasteiger partial charge in [0.2, 0.25) is 0 Å². The van der Waals surface area contributed by atoms with Gasteiger partial charge in [-0.15, -0.1) is 13.2 Å². The molecule has 6 saturated heterocycles. The first-order chi connectivity index (χ1) is 29.4. The summed E-state index contributed by atoms with van der Waals surface area (Å²) in [6, 6.07) is 39.0. The van der Waals surface area contributed by atoms with Crippen molar-refractivity contribution < 1.29 is 19.2 Å². The number of quaternary nitrogens is 2. The van der Waals surface area contributed by atoms with Gasteiger partial charge in [0.05, 0.1) is 37.2 Å². The predicted molar refractivity (Wildman–Crippen MR) is 243 cm³/mol. The van der Waals surface area contributed by atoms with Crippen LogP contribution in [0.25, 0.3) is 43.4 Å². The van der Waals surface area contributed by atoms with E-state index >= 15 is 0 Å². The highest BCUT2D eigenvalue weighted by Crippen LogP contribution is 2.52.